The van der Waals surface area contributed by atoms with Crippen LogP contribution in [-0.4, -0.2) is 29.4 Å². The van der Waals surface area contributed by atoms with Crippen molar-refractivity contribution in [2.75, 3.05) is 0 Å². The van der Waals surface area contributed by atoms with Crippen LogP contribution in [0.5, 0.6) is 0 Å². The second kappa shape index (κ2) is 23.0. The summed E-state index contributed by atoms with van der Waals surface area (Å²) in [5.74, 6) is 0. The van der Waals surface area contributed by atoms with E-state index in [1.165, 1.54) is 77.0 Å². The molecule has 0 radical (unpaired) electrons. The van der Waals surface area contributed by atoms with Gasteiger partial charge in [0.2, 0.25) is 0 Å². The molecule has 0 aliphatic rings. The van der Waals surface area contributed by atoms with E-state index >= 15 is 0 Å². The van der Waals surface area contributed by atoms with Crippen molar-refractivity contribution >= 4 is 10.1 Å². The first-order valence-corrected chi connectivity index (χ1v) is 14.0. The van der Waals surface area contributed by atoms with Crippen LogP contribution >= 0.6 is 0 Å². The van der Waals surface area contributed by atoms with Gasteiger partial charge < -0.3 is 9.66 Å². The molecule has 0 bridgehead atoms. The third-order valence-corrected chi connectivity index (χ3v) is 7.21. The summed E-state index contributed by atoms with van der Waals surface area (Å²) in [6.45, 7) is 4.42. The van der Waals surface area contributed by atoms with Gasteiger partial charge in [0.15, 0.2) is 0 Å². The standard InChI is InChI=1S/C24H50O4S.Na/c1-3-5-7-9-11-12-13-15-16-18-20-23(25)22-24(29(26,27)28)21-19-17-14-10-8-6-4-2;/h23-25H,3-22H2,1-2H3,(H,26,27,28);/q;+1/p-1. The number of aliphatic hydroxyl groups is 1. The fraction of sp³-hybridized carbons (Fsp3) is 1.00. The summed E-state index contributed by atoms with van der Waals surface area (Å²) >= 11 is 0. The van der Waals surface area contributed by atoms with Gasteiger partial charge in [0.05, 0.1) is 21.5 Å². The Morgan fingerprint density at radius 2 is 0.967 bits per heavy atom. The molecule has 0 aromatic carbocycles. The Labute approximate surface area is 210 Å². The van der Waals surface area contributed by atoms with Crippen molar-refractivity contribution in [2.24, 2.45) is 0 Å². The molecule has 0 amide bonds. The largest absolute Gasteiger partial charge is 1.00 e. The second-order valence-electron chi connectivity index (χ2n) is 8.88. The Hall–Kier alpha value is 0.870. The van der Waals surface area contributed by atoms with Gasteiger partial charge >= 0.3 is 29.6 Å². The SMILES string of the molecule is CCCCCCCCCCCCC(O)CC(CCCCCCCCC)S(=O)(=O)[O-].[Na+]. The zero-order valence-corrected chi connectivity index (χ0v) is 23.2. The Bertz CT molecular complexity index is 442. The first-order valence-electron chi connectivity index (χ1n) is 12.5. The third-order valence-electron chi connectivity index (χ3n) is 5.96. The Balaban J connectivity index is 0. The summed E-state index contributed by atoms with van der Waals surface area (Å²) < 4.78 is 34.6. The molecule has 176 valence electrons. The van der Waals surface area contributed by atoms with Gasteiger partial charge in [-0.15, -0.1) is 0 Å². The minimum Gasteiger partial charge on any atom is -0.748 e. The minimum atomic E-state index is -4.32. The Kier molecular flexibility index (Phi) is 25.4. The van der Waals surface area contributed by atoms with Gasteiger partial charge in [0.1, 0.15) is 0 Å². The van der Waals surface area contributed by atoms with Crippen LogP contribution in [0.2, 0.25) is 0 Å². The van der Waals surface area contributed by atoms with Gasteiger partial charge in [-0.3, -0.25) is 0 Å². The Morgan fingerprint density at radius 3 is 1.33 bits per heavy atom. The zero-order valence-electron chi connectivity index (χ0n) is 20.4. The number of hydrogen-bond donors (Lipinski definition) is 1. The molecule has 0 saturated carbocycles. The fourth-order valence-electron chi connectivity index (χ4n) is 4.00. The van der Waals surface area contributed by atoms with Crippen molar-refractivity contribution in [1.82, 2.24) is 0 Å². The van der Waals surface area contributed by atoms with Crippen LogP contribution in [0.3, 0.4) is 0 Å². The van der Waals surface area contributed by atoms with Crippen molar-refractivity contribution in [3.63, 3.8) is 0 Å². The summed E-state index contributed by atoms with van der Waals surface area (Å²) in [7, 11) is -4.32. The minimum absolute atomic E-state index is 0. The van der Waals surface area contributed by atoms with Crippen LogP contribution in [0.1, 0.15) is 142 Å². The molecule has 0 aromatic heterocycles. The molecule has 0 fully saturated rings. The molecule has 0 heterocycles. The zero-order chi connectivity index (χ0) is 21.8. The molecular weight excluding hydrogens is 407 g/mol. The van der Waals surface area contributed by atoms with Gasteiger partial charge in [-0.2, -0.15) is 0 Å². The molecule has 0 rings (SSSR count). The topological polar surface area (TPSA) is 77.4 Å². The smallest absolute Gasteiger partial charge is 0.748 e. The third kappa shape index (κ3) is 22.1. The van der Waals surface area contributed by atoms with E-state index in [4.69, 9.17) is 0 Å². The predicted octanol–water partition coefficient (Wildman–Crippen LogP) is 4.11. The Morgan fingerprint density at radius 1 is 0.633 bits per heavy atom. The molecule has 6 heteroatoms. The average molecular weight is 457 g/mol. The van der Waals surface area contributed by atoms with Crippen molar-refractivity contribution in [3.8, 4) is 0 Å². The van der Waals surface area contributed by atoms with E-state index in [0.717, 1.165) is 32.1 Å². The maximum absolute atomic E-state index is 11.5. The van der Waals surface area contributed by atoms with Crippen molar-refractivity contribution < 1.29 is 47.6 Å². The van der Waals surface area contributed by atoms with Crippen molar-refractivity contribution in [1.29, 1.82) is 0 Å². The van der Waals surface area contributed by atoms with E-state index in [0.29, 0.717) is 12.8 Å². The molecule has 0 saturated heterocycles. The normalized spacial score (nSPS) is 13.7. The van der Waals surface area contributed by atoms with E-state index in [1.54, 1.807) is 0 Å². The van der Waals surface area contributed by atoms with Crippen LogP contribution in [0.4, 0.5) is 0 Å². The molecule has 30 heavy (non-hydrogen) atoms. The van der Waals surface area contributed by atoms with Gasteiger partial charge in [-0.05, 0) is 19.3 Å². The molecular formula is C24H49NaO4S. The van der Waals surface area contributed by atoms with Gasteiger partial charge in [0.25, 0.3) is 0 Å². The average Bonchev–Trinajstić information content (AvgIpc) is 2.67. The molecule has 2 atom stereocenters. The quantitative estimate of drug-likeness (QED) is 0.151. The molecule has 0 aliphatic heterocycles. The van der Waals surface area contributed by atoms with Gasteiger partial charge in [-0.25, -0.2) is 8.42 Å². The summed E-state index contributed by atoms with van der Waals surface area (Å²) in [6, 6.07) is 0. The number of aliphatic hydroxyl groups excluding tert-OH is 1. The van der Waals surface area contributed by atoms with Crippen LogP contribution < -0.4 is 29.6 Å². The molecule has 1 N–H and O–H groups in total. The first-order chi connectivity index (χ1) is 13.9. The van der Waals surface area contributed by atoms with Gasteiger partial charge in [-0.1, -0.05) is 123 Å². The van der Waals surface area contributed by atoms with Crippen LogP contribution in [0, 0.1) is 0 Å². The predicted molar refractivity (Wildman–Crippen MR) is 123 cm³/mol. The monoisotopic (exact) mass is 456 g/mol. The molecule has 0 aromatic rings. The molecule has 4 nitrogen and oxygen atoms in total. The number of rotatable bonds is 22. The first kappa shape index (κ1) is 33.0. The molecule has 0 aliphatic carbocycles. The van der Waals surface area contributed by atoms with E-state index in [1.807, 2.05) is 0 Å². The molecule has 2 unspecified atom stereocenters. The van der Waals surface area contributed by atoms with Crippen molar-refractivity contribution in [3.05, 3.63) is 0 Å². The maximum atomic E-state index is 11.5. The van der Waals surface area contributed by atoms with E-state index < -0.39 is 21.5 Å². The summed E-state index contributed by atoms with van der Waals surface area (Å²) in [4.78, 5) is 0. The van der Waals surface area contributed by atoms with E-state index in [2.05, 4.69) is 13.8 Å². The van der Waals surface area contributed by atoms with E-state index in [9.17, 15) is 18.1 Å². The van der Waals surface area contributed by atoms with Crippen LogP contribution in [0.25, 0.3) is 0 Å². The molecule has 0 spiro atoms. The van der Waals surface area contributed by atoms with Crippen LogP contribution in [-0.2, 0) is 10.1 Å². The number of unbranched alkanes of at least 4 members (excludes halogenated alkanes) is 15. The summed E-state index contributed by atoms with van der Waals surface area (Å²) in [5.41, 5.74) is 0. The van der Waals surface area contributed by atoms with E-state index in [-0.39, 0.29) is 36.0 Å². The van der Waals surface area contributed by atoms with Crippen molar-refractivity contribution in [2.45, 2.75) is 154 Å². The number of hydrogen-bond acceptors (Lipinski definition) is 4. The second-order valence-corrected chi connectivity index (χ2v) is 10.5. The van der Waals surface area contributed by atoms with Crippen LogP contribution in [0.15, 0.2) is 0 Å². The summed E-state index contributed by atoms with van der Waals surface area (Å²) in [5, 5.41) is 9.28. The maximum Gasteiger partial charge on any atom is 1.00 e. The summed E-state index contributed by atoms with van der Waals surface area (Å²) in [6.07, 6.45) is 20.6. The van der Waals surface area contributed by atoms with Gasteiger partial charge in [0, 0.05) is 0 Å². The fourth-order valence-corrected chi connectivity index (χ4v) is 4.91.